The Morgan fingerprint density at radius 1 is 1.17 bits per heavy atom. The lowest BCUT2D eigenvalue weighted by molar-refractivity contribution is 0.0973. The van der Waals surface area contributed by atoms with Crippen molar-refractivity contribution in [3.8, 4) is 0 Å². The number of benzene rings is 1. The van der Waals surface area contributed by atoms with Gasteiger partial charge in [0.2, 0.25) is 0 Å². The lowest BCUT2D eigenvalue weighted by Crippen LogP contribution is -2.37. The summed E-state index contributed by atoms with van der Waals surface area (Å²) in [7, 11) is 2.93. The van der Waals surface area contributed by atoms with E-state index in [1.807, 2.05) is 0 Å². The van der Waals surface area contributed by atoms with Crippen LogP contribution in [0.15, 0.2) is 38.3 Å². The van der Waals surface area contributed by atoms with Crippen LogP contribution < -0.4 is 11.2 Å². The van der Waals surface area contributed by atoms with E-state index >= 15 is 0 Å². The fourth-order valence-electron chi connectivity index (χ4n) is 2.50. The van der Waals surface area contributed by atoms with E-state index in [0.717, 1.165) is 9.04 Å². The molecule has 0 atom stereocenters. The fraction of sp³-hybridized carbons (Fsp3) is 0.200. The van der Waals surface area contributed by atoms with Crippen molar-refractivity contribution in [1.82, 2.24) is 18.7 Å². The largest absolute Gasteiger partial charge is 0.332 e. The van der Waals surface area contributed by atoms with E-state index < -0.39 is 11.2 Å². The van der Waals surface area contributed by atoms with Gasteiger partial charge in [-0.3, -0.25) is 18.7 Å². The molecule has 0 saturated carbocycles. The van der Waals surface area contributed by atoms with Gasteiger partial charge in [0, 0.05) is 24.1 Å². The second-order valence-corrected chi connectivity index (χ2v) is 6.65. The quantitative estimate of drug-likeness (QED) is 0.528. The summed E-state index contributed by atoms with van der Waals surface area (Å²) in [6.45, 7) is -0.0894. The third kappa shape index (κ3) is 2.59. The first kappa shape index (κ1) is 16.6. The molecule has 0 spiro atoms. The van der Waals surface area contributed by atoms with Crippen LogP contribution in [-0.4, -0.2) is 24.5 Å². The number of aromatic nitrogens is 4. The van der Waals surface area contributed by atoms with Crippen LogP contribution in [0.3, 0.4) is 0 Å². The van der Waals surface area contributed by atoms with Gasteiger partial charge < -0.3 is 9.55 Å². The van der Waals surface area contributed by atoms with Crippen LogP contribution in [0, 0.1) is 4.77 Å². The van der Waals surface area contributed by atoms with Crippen LogP contribution in [0.25, 0.3) is 11.2 Å². The lowest BCUT2D eigenvalue weighted by atomic mass is 10.1. The molecule has 1 aromatic carbocycles. The normalized spacial score (nSPS) is 11.1. The van der Waals surface area contributed by atoms with E-state index in [0.29, 0.717) is 11.2 Å². The minimum atomic E-state index is -0.496. The zero-order valence-electron chi connectivity index (χ0n) is 12.9. The standard InChI is InChI=1S/C15H13BrN4O3S/c1-18-12-11(13(22)19(2)15(18)23)20(14(24)17-12)7-10(21)8-3-5-9(16)6-4-8/h3-6H,7H2,1-2H3,(H,17,24). The number of ketones is 1. The maximum atomic E-state index is 12.5. The van der Waals surface area contributed by atoms with Gasteiger partial charge in [0.25, 0.3) is 5.56 Å². The molecule has 0 bridgehead atoms. The van der Waals surface area contributed by atoms with Crippen molar-refractivity contribution in [3.63, 3.8) is 0 Å². The smallest absolute Gasteiger partial charge is 0.316 e. The first-order chi connectivity index (χ1) is 11.3. The van der Waals surface area contributed by atoms with Crippen molar-refractivity contribution in [2.75, 3.05) is 0 Å². The molecule has 3 rings (SSSR count). The highest BCUT2D eigenvalue weighted by atomic mass is 79.9. The maximum absolute atomic E-state index is 12.5. The van der Waals surface area contributed by atoms with Crippen molar-refractivity contribution in [2.45, 2.75) is 6.54 Å². The zero-order chi connectivity index (χ0) is 17.6. The summed E-state index contributed by atoms with van der Waals surface area (Å²) in [5, 5.41) is 0. The molecule has 7 nitrogen and oxygen atoms in total. The molecular weight excluding hydrogens is 396 g/mol. The van der Waals surface area contributed by atoms with Gasteiger partial charge in [-0.05, 0) is 24.4 Å². The van der Waals surface area contributed by atoms with Crippen LogP contribution in [0.5, 0.6) is 0 Å². The molecule has 0 aliphatic carbocycles. The highest BCUT2D eigenvalue weighted by Gasteiger charge is 2.17. The molecule has 1 N–H and O–H groups in total. The van der Waals surface area contributed by atoms with E-state index in [9.17, 15) is 14.4 Å². The Bertz CT molecular complexity index is 1130. The molecule has 2 heterocycles. The van der Waals surface area contributed by atoms with E-state index in [-0.39, 0.29) is 22.6 Å². The number of Topliss-reactive ketones (excluding diaryl/α,β-unsaturated/α-hetero) is 1. The number of nitrogens with zero attached hydrogens (tertiary/aromatic N) is 3. The molecule has 3 aromatic rings. The van der Waals surface area contributed by atoms with Crippen molar-refractivity contribution >= 4 is 45.1 Å². The number of hydrogen-bond donors (Lipinski definition) is 1. The Hall–Kier alpha value is -2.26. The van der Waals surface area contributed by atoms with Crippen LogP contribution in [0.2, 0.25) is 0 Å². The first-order valence-electron chi connectivity index (χ1n) is 6.98. The number of halogens is 1. The third-order valence-corrected chi connectivity index (χ3v) is 4.70. The number of aryl methyl sites for hydroxylation is 1. The summed E-state index contributed by atoms with van der Waals surface area (Å²) in [6.07, 6.45) is 0. The number of carbonyl (C=O) groups excluding carboxylic acids is 1. The van der Waals surface area contributed by atoms with Gasteiger partial charge in [-0.15, -0.1) is 0 Å². The molecule has 24 heavy (non-hydrogen) atoms. The van der Waals surface area contributed by atoms with E-state index in [1.165, 1.54) is 23.2 Å². The van der Waals surface area contributed by atoms with Gasteiger partial charge in [0.05, 0.1) is 6.54 Å². The second kappa shape index (κ2) is 5.99. The molecular formula is C15H13BrN4O3S. The van der Waals surface area contributed by atoms with Crippen molar-refractivity contribution in [3.05, 3.63) is 59.9 Å². The van der Waals surface area contributed by atoms with Gasteiger partial charge in [-0.1, -0.05) is 28.1 Å². The molecule has 9 heteroatoms. The number of H-pyrrole nitrogens is 1. The summed E-state index contributed by atoms with van der Waals surface area (Å²) in [5.41, 5.74) is 0.0575. The average molecular weight is 409 g/mol. The number of nitrogens with one attached hydrogen (secondary N) is 1. The molecule has 0 aliphatic rings. The summed E-state index contributed by atoms with van der Waals surface area (Å²) in [6, 6.07) is 6.92. The zero-order valence-corrected chi connectivity index (χ0v) is 15.3. The molecule has 0 aliphatic heterocycles. The third-order valence-electron chi connectivity index (χ3n) is 3.85. The summed E-state index contributed by atoms with van der Waals surface area (Å²) >= 11 is 8.55. The monoisotopic (exact) mass is 408 g/mol. The first-order valence-corrected chi connectivity index (χ1v) is 8.18. The average Bonchev–Trinajstić information content (AvgIpc) is 2.88. The van der Waals surface area contributed by atoms with Gasteiger partial charge in [-0.25, -0.2) is 4.79 Å². The number of rotatable bonds is 3. The van der Waals surface area contributed by atoms with E-state index in [2.05, 4.69) is 20.9 Å². The number of hydrogen-bond acceptors (Lipinski definition) is 4. The Morgan fingerprint density at radius 2 is 1.79 bits per heavy atom. The molecule has 0 fully saturated rings. The Balaban J connectivity index is 2.17. The molecule has 124 valence electrons. The second-order valence-electron chi connectivity index (χ2n) is 5.35. The number of aromatic amines is 1. The minimum absolute atomic E-state index is 0.0894. The molecule has 0 unspecified atom stereocenters. The predicted octanol–water partition coefficient (Wildman–Crippen LogP) is 1.74. The van der Waals surface area contributed by atoms with Crippen LogP contribution in [0.4, 0.5) is 0 Å². The van der Waals surface area contributed by atoms with Crippen LogP contribution in [-0.2, 0) is 20.6 Å². The Labute approximate surface area is 149 Å². The molecule has 0 saturated heterocycles. The van der Waals surface area contributed by atoms with E-state index in [4.69, 9.17) is 12.2 Å². The predicted molar refractivity (Wildman–Crippen MR) is 96.1 cm³/mol. The Kier molecular flexibility index (Phi) is 4.14. The molecule has 0 radical (unpaired) electrons. The van der Waals surface area contributed by atoms with Gasteiger partial charge in [0.15, 0.2) is 16.1 Å². The number of carbonyl (C=O) groups is 1. The summed E-state index contributed by atoms with van der Waals surface area (Å²) in [5.74, 6) is -0.185. The number of imidazole rings is 1. The highest BCUT2D eigenvalue weighted by molar-refractivity contribution is 9.10. The van der Waals surface area contributed by atoms with Crippen LogP contribution >= 0.6 is 28.1 Å². The van der Waals surface area contributed by atoms with Gasteiger partial charge in [-0.2, -0.15) is 0 Å². The van der Waals surface area contributed by atoms with Crippen molar-refractivity contribution in [1.29, 1.82) is 0 Å². The van der Waals surface area contributed by atoms with E-state index in [1.54, 1.807) is 24.3 Å². The summed E-state index contributed by atoms with van der Waals surface area (Å²) in [4.78, 5) is 39.8. The number of fused-ring (bicyclic) bond motifs is 1. The fourth-order valence-corrected chi connectivity index (χ4v) is 3.02. The Morgan fingerprint density at radius 3 is 2.42 bits per heavy atom. The van der Waals surface area contributed by atoms with Gasteiger partial charge in [0.1, 0.15) is 5.65 Å². The van der Waals surface area contributed by atoms with Gasteiger partial charge >= 0.3 is 5.69 Å². The lowest BCUT2D eigenvalue weighted by Gasteiger charge is -2.06. The molecule has 0 amide bonds. The van der Waals surface area contributed by atoms with Crippen molar-refractivity contribution in [2.24, 2.45) is 14.1 Å². The highest BCUT2D eigenvalue weighted by Crippen LogP contribution is 2.13. The molecule has 2 aromatic heterocycles. The topological polar surface area (TPSA) is 81.8 Å². The van der Waals surface area contributed by atoms with Crippen LogP contribution in [0.1, 0.15) is 10.4 Å². The maximum Gasteiger partial charge on any atom is 0.332 e. The minimum Gasteiger partial charge on any atom is -0.316 e. The van der Waals surface area contributed by atoms with Crippen molar-refractivity contribution < 1.29 is 4.79 Å². The SMILES string of the molecule is Cn1c(=O)c2c([nH]c(=S)n2CC(=O)c2ccc(Br)cc2)n(C)c1=O. The summed E-state index contributed by atoms with van der Waals surface area (Å²) < 4.78 is 4.80.